The monoisotopic (exact) mass is 315 g/mol. The lowest BCUT2D eigenvalue weighted by Gasteiger charge is -2.34. The van der Waals surface area contributed by atoms with Gasteiger partial charge in [-0.1, -0.05) is 48.0 Å². The molecule has 22 heavy (non-hydrogen) atoms. The molecule has 1 aliphatic rings. The van der Waals surface area contributed by atoms with E-state index in [1.807, 2.05) is 12.3 Å². The highest BCUT2D eigenvalue weighted by Gasteiger charge is 2.16. The molecule has 4 heteroatoms. The number of aromatic nitrogens is 1. The van der Waals surface area contributed by atoms with Gasteiger partial charge in [-0.25, -0.2) is 4.98 Å². The van der Waals surface area contributed by atoms with Crippen LogP contribution in [0.4, 0.5) is 0 Å². The van der Waals surface area contributed by atoms with Crippen LogP contribution in [-0.4, -0.2) is 47.5 Å². The Morgan fingerprint density at radius 3 is 2.27 bits per heavy atom. The minimum atomic E-state index is 0.564. The Kier molecular flexibility index (Phi) is 5.43. The van der Waals surface area contributed by atoms with E-state index in [2.05, 4.69) is 51.2 Å². The molecule has 1 fully saturated rings. The van der Waals surface area contributed by atoms with Gasteiger partial charge in [0.2, 0.25) is 0 Å². The van der Waals surface area contributed by atoms with Crippen molar-refractivity contribution in [1.29, 1.82) is 0 Å². The van der Waals surface area contributed by atoms with Gasteiger partial charge in [0.15, 0.2) is 0 Å². The summed E-state index contributed by atoms with van der Waals surface area (Å²) < 4.78 is 0. The molecule has 0 spiro atoms. The molecule has 3 rings (SSSR count). The Morgan fingerprint density at radius 1 is 0.864 bits per heavy atom. The molecule has 0 atom stereocenters. The maximum absolute atomic E-state index is 5.83. The van der Waals surface area contributed by atoms with Gasteiger partial charge in [0, 0.05) is 45.5 Å². The van der Waals surface area contributed by atoms with Crippen LogP contribution < -0.4 is 0 Å². The molecule has 1 aromatic heterocycles. The quantitative estimate of drug-likeness (QED) is 0.790. The highest BCUT2D eigenvalue weighted by Crippen LogP contribution is 2.11. The van der Waals surface area contributed by atoms with Gasteiger partial charge < -0.3 is 4.90 Å². The minimum Gasteiger partial charge on any atom is -0.300 e. The molecule has 3 nitrogen and oxygen atoms in total. The number of halogens is 1. The van der Waals surface area contributed by atoms with Gasteiger partial charge >= 0.3 is 0 Å². The predicted molar refractivity (Wildman–Crippen MR) is 91.1 cm³/mol. The summed E-state index contributed by atoms with van der Waals surface area (Å²) in [5.41, 5.74) is 2.67. The van der Waals surface area contributed by atoms with E-state index in [9.17, 15) is 0 Å². The van der Waals surface area contributed by atoms with Gasteiger partial charge in [-0.05, 0) is 23.6 Å². The summed E-state index contributed by atoms with van der Waals surface area (Å²) >= 11 is 5.83. The SMILES string of the molecule is Clc1ccc(CN2CCN(CCc3ccccc3)CC2)cn1. The first-order valence-electron chi connectivity index (χ1n) is 7.89. The van der Waals surface area contributed by atoms with E-state index >= 15 is 0 Å². The van der Waals surface area contributed by atoms with Crippen LogP contribution in [-0.2, 0) is 13.0 Å². The standard InChI is InChI=1S/C18H22ClN3/c19-18-7-6-17(14-20-18)15-22-12-10-21(11-13-22)9-8-16-4-2-1-3-5-16/h1-7,14H,8-13,15H2. The molecular formula is C18H22ClN3. The van der Waals surface area contributed by atoms with Crippen LogP contribution in [0.2, 0.25) is 5.15 Å². The molecule has 0 radical (unpaired) electrons. The third-order valence-electron chi connectivity index (χ3n) is 4.22. The molecule has 2 aromatic rings. The molecule has 0 aliphatic carbocycles. The lowest BCUT2D eigenvalue weighted by atomic mass is 10.1. The zero-order chi connectivity index (χ0) is 15.2. The molecule has 0 saturated carbocycles. The predicted octanol–water partition coefficient (Wildman–Crippen LogP) is 3.10. The zero-order valence-corrected chi connectivity index (χ0v) is 13.5. The maximum atomic E-state index is 5.83. The number of rotatable bonds is 5. The first-order valence-corrected chi connectivity index (χ1v) is 8.26. The van der Waals surface area contributed by atoms with Gasteiger partial charge in [-0.2, -0.15) is 0 Å². The fourth-order valence-electron chi connectivity index (χ4n) is 2.86. The molecule has 2 heterocycles. The van der Waals surface area contributed by atoms with Crippen LogP contribution in [0.5, 0.6) is 0 Å². The molecule has 1 aromatic carbocycles. The van der Waals surface area contributed by atoms with Crippen molar-refractivity contribution in [3.8, 4) is 0 Å². The van der Waals surface area contributed by atoms with E-state index in [0.29, 0.717) is 5.15 Å². The van der Waals surface area contributed by atoms with Gasteiger partial charge in [0.25, 0.3) is 0 Å². The first-order chi connectivity index (χ1) is 10.8. The van der Waals surface area contributed by atoms with Crippen LogP contribution in [0.15, 0.2) is 48.7 Å². The largest absolute Gasteiger partial charge is 0.300 e. The fraction of sp³-hybridized carbons (Fsp3) is 0.389. The van der Waals surface area contributed by atoms with Crippen molar-refractivity contribution in [2.75, 3.05) is 32.7 Å². The molecule has 0 amide bonds. The van der Waals surface area contributed by atoms with Crippen LogP contribution in [0.3, 0.4) is 0 Å². The van der Waals surface area contributed by atoms with E-state index < -0.39 is 0 Å². The summed E-state index contributed by atoms with van der Waals surface area (Å²) in [7, 11) is 0. The number of piperazine rings is 1. The van der Waals surface area contributed by atoms with Crippen molar-refractivity contribution < 1.29 is 0 Å². The van der Waals surface area contributed by atoms with Crippen molar-refractivity contribution in [3.63, 3.8) is 0 Å². The summed E-state index contributed by atoms with van der Waals surface area (Å²) in [6, 6.07) is 14.7. The van der Waals surface area contributed by atoms with E-state index in [4.69, 9.17) is 11.6 Å². The van der Waals surface area contributed by atoms with E-state index in [0.717, 1.165) is 45.7 Å². The average molecular weight is 316 g/mol. The Labute approximate surface area is 137 Å². The van der Waals surface area contributed by atoms with Crippen LogP contribution in [0.25, 0.3) is 0 Å². The van der Waals surface area contributed by atoms with Crippen LogP contribution >= 0.6 is 11.6 Å². The van der Waals surface area contributed by atoms with Crippen molar-refractivity contribution in [3.05, 3.63) is 64.9 Å². The number of benzene rings is 1. The van der Waals surface area contributed by atoms with Gasteiger partial charge in [0.1, 0.15) is 5.15 Å². The second-order valence-electron chi connectivity index (χ2n) is 5.84. The average Bonchev–Trinajstić information content (AvgIpc) is 2.57. The van der Waals surface area contributed by atoms with Gasteiger partial charge in [-0.3, -0.25) is 4.90 Å². The molecule has 1 aliphatic heterocycles. The Hall–Kier alpha value is -1.42. The number of nitrogens with zero attached hydrogens (tertiary/aromatic N) is 3. The van der Waals surface area contributed by atoms with E-state index in [1.165, 1.54) is 11.1 Å². The maximum Gasteiger partial charge on any atom is 0.129 e. The lowest BCUT2D eigenvalue weighted by Crippen LogP contribution is -2.46. The highest BCUT2D eigenvalue weighted by atomic mass is 35.5. The van der Waals surface area contributed by atoms with Gasteiger partial charge in [0.05, 0.1) is 0 Å². The van der Waals surface area contributed by atoms with Crippen LogP contribution in [0, 0.1) is 0 Å². The number of pyridine rings is 1. The van der Waals surface area contributed by atoms with Crippen LogP contribution in [0.1, 0.15) is 11.1 Å². The van der Waals surface area contributed by atoms with Crippen molar-refractivity contribution in [2.45, 2.75) is 13.0 Å². The second kappa shape index (κ2) is 7.73. The number of hydrogen-bond donors (Lipinski definition) is 0. The van der Waals surface area contributed by atoms with Gasteiger partial charge in [-0.15, -0.1) is 0 Å². The third-order valence-corrected chi connectivity index (χ3v) is 4.44. The normalized spacial score (nSPS) is 16.8. The Balaban J connectivity index is 1.41. The Bertz CT molecular complexity index is 563. The summed E-state index contributed by atoms with van der Waals surface area (Å²) in [6.45, 7) is 6.66. The van der Waals surface area contributed by atoms with Crippen molar-refractivity contribution in [2.24, 2.45) is 0 Å². The van der Waals surface area contributed by atoms with E-state index in [-0.39, 0.29) is 0 Å². The molecule has 0 N–H and O–H groups in total. The summed E-state index contributed by atoms with van der Waals surface area (Å²) in [5.74, 6) is 0. The minimum absolute atomic E-state index is 0.564. The molecule has 116 valence electrons. The van der Waals surface area contributed by atoms with E-state index in [1.54, 1.807) is 0 Å². The smallest absolute Gasteiger partial charge is 0.129 e. The zero-order valence-electron chi connectivity index (χ0n) is 12.8. The third kappa shape index (κ3) is 4.54. The van der Waals surface area contributed by atoms with Crippen molar-refractivity contribution >= 4 is 11.6 Å². The first kappa shape index (κ1) is 15.5. The lowest BCUT2D eigenvalue weighted by molar-refractivity contribution is 0.128. The highest BCUT2D eigenvalue weighted by molar-refractivity contribution is 6.29. The molecule has 1 saturated heterocycles. The molecular weight excluding hydrogens is 294 g/mol. The summed E-state index contributed by atoms with van der Waals surface area (Å²) in [4.78, 5) is 9.20. The fourth-order valence-corrected chi connectivity index (χ4v) is 2.97. The molecule has 0 unspecified atom stereocenters. The summed E-state index contributed by atoms with van der Waals surface area (Å²) in [6.07, 6.45) is 3.02. The second-order valence-corrected chi connectivity index (χ2v) is 6.23. The Morgan fingerprint density at radius 2 is 1.59 bits per heavy atom. The summed E-state index contributed by atoms with van der Waals surface area (Å²) in [5, 5.41) is 0.564. The number of hydrogen-bond acceptors (Lipinski definition) is 3. The van der Waals surface area contributed by atoms with Crippen molar-refractivity contribution in [1.82, 2.24) is 14.8 Å². The molecule has 0 bridgehead atoms. The topological polar surface area (TPSA) is 19.4 Å².